The van der Waals surface area contributed by atoms with Gasteiger partial charge in [-0.2, -0.15) is 13.2 Å². The van der Waals surface area contributed by atoms with Gasteiger partial charge < -0.3 is 10.0 Å². The molecule has 1 amide bonds. The number of aromatic nitrogens is 2. The predicted octanol–water partition coefficient (Wildman–Crippen LogP) is 1.53. The highest BCUT2D eigenvalue weighted by Gasteiger charge is 2.38. The van der Waals surface area contributed by atoms with Crippen LogP contribution in [-0.4, -0.2) is 32.6 Å². The molecular formula is C9H8F3N3O2. The van der Waals surface area contributed by atoms with Gasteiger partial charge in [-0.25, -0.2) is 14.8 Å². The molecule has 1 aromatic rings. The second kappa shape index (κ2) is 3.86. The summed E-state index contributed by atoms with van der Waals surface area (Å²) >= 11 is 0. The first kappa shape index (κ1) is 11.6. The largest absolute Gasteiger partial charge is 0.465 e. The van der Waals surface area contributed by atoms with Gasteiger partial charge in [-0.15, -0.1) is 0 Å². The number of carbonyl (C=O) groups is 1. The van der Waals surface area contributed by atoms with E-state index in [0.29, 0.717) is 0 Å². The van der Waals surface area contributed by atoms with Crippen LogP contribution in [0.2, 0.25) is 0 Å². The van der Waals surface area contributed by atoms with E-state index < -0.39 is 18.0 Å². The maximum atomic E-state index is 12.6. The van der Waals surface area contributed by atoms with Crippen LogP contribution >= 0.6 is 0 Å². The first-order valence-corrected chi connectivity index (χ1v) is 4.77. The number of carboxylic acid groups (broad SMARTS) is 1. The molecule has 1 aliphatic rings. The Balaban J connectivity index is 2.39. The molecule has 0 aliphatic carbocycles. The van der Waals surface area contributed by atoms with Crippen LogP contribution in [0.1, 0.15) is 17.0 Å². The van der Waals surface area contributed by atoms with Crippen LogP contribution in [0.15, 0.2) is 6.33 Å². The smallest absolute Gasteiger partial charge is 0.433 e. The Morgan fingerprint density at radius 3 is 2.71 bits per heavy atom. The molecule has 8 heteroatoms. The molecule has 1 aliphatic heterocycles. The number of amides is 1. The monoisotopic (exact) mass is 247 g/mol. The summed E-state index contributed by atoms with van der Waals surface area (Å²) in [5, 5.41) is 8.75. The molecule has 0 aromatic carbocycles. The lowest BCUT2D eigenvalue weighted by Crippen LogP contribution is -2.36. The van der Waals surface area contributed by atoms with Crippen LogP contribution in [0, 0.1) is 0 Å². The number of hydrogen-bond acceptors (Lipinski definition) is 3. The van der Waals surface area contributed by atoms with E-state index in [1.54, 1.807) is 0 Å². The van der Waals surface area contributed by atoms with Crippen molar-refractivity contribution in [1.29, 1.82) is 0 Å². The van der Waals surface area contributed by atoms with Crippen molar-refractivity contribution in [2.75, 3.05) is 6.54 Å². The van der Waals surface area contributed by atoms with Crippen molar-refractivity contribution >= 4 is 6.09 Å². The van der Waals surface area contributed by atoms with Gasteiger partial charge >= 0.3 is 12.3 Å². The van der Waals surface area contributed by atoms with Crippen LogP contribution in [-0.2, 0) is 19.1 Å². The van der Waals surface area contributed by atoms with Gasteiger partial charge in [-0.05, 0) is 6.42 Å². The molecule has 92 valence electrons. The van der Waals surface area contributed by atoms with Crippen molar-refractivity contribution < 1.29 is 23.1 Å². The summed E-state index contributed by atoms with van der Waals surface area (Å²) in [6.07, 6.45) is -4.90. The standard InChI is InChI=1S/C9H8F3N3O2/c10-9(11,12)7-5-1-2-15(8(16)17)3-6(5)13-4-14-7/h4H,1-3H2,(H,16,17). The van der Waals surface area contributed by atoms with Crippen LogP contribution in [0.5, 0.6) is 0 Å². The number of nitrogens with zero attached hydrogens (tertiary/aromatic N) is 3. The number of rotatable bonds is 0. The quantitative estimate of drug-likeness (QED) is 0.755. The summed E-state index contributed by atoms with van der Waals surface area (Å²) in [5.74, 6) is 0. The molecule has 5 nitrogen and oxygen atoms in total. The van der Waals surface area contributed by atoms with E-state index in [0.717, 1.165) is 11.2 Å². The van der Waals surface area contributed by atoms with E-state index in [9.17, 15) is 18.0 Å². The average Bonchev–Trinajstić information content (AvgIpc) is 2.26. The molecule has 0 spiro atoms. The second-order valence-electron chi connectivity index (χ2n) is 3.60. The van der Waals surface area contributed by atoms with Gasteiger partial charge in [-0.1, -0.05) is 0 Å². The highest BCUT2D eigenvalue weighted by atomic mass is 19.4. The Kier molecular flexibility index (Phi) is 2.64. The molecule has 0 saturated carbocycles. The molecule has 0 radical (unpaired) electrons. The maximum Gasteiger partial charge on any atom is 0.433 e. The van der Waals surface area contributed by atoms with Crippen LogP contribution < -0.4 is 0 Å². The van der Waals surface area contributed by atoms with Gasteiger partial charge in [0, 0.05) is 12.1 Å². The summed E-state index contributed by atoms with van der Waals surface area (Å²) in [7, 11) is 0. The Hall–Kier alpha value is -1.86. The molecule has 0 bridgehead atoms. The summed E-state index contributed by atoms with van der Waals surface area (Å²) in [6, 6.07) is 0. The fourth-order valence-electron chi connectivity index (χ4n) is 1.76. The summed E-state index contributed by atoms with van der Waals surface area (Å²) in [5.41, 5.74) is -0.842. The Labute approximate surface area is 93.9 Å². The third kappa shape index (κ3) is 2.15. The normalized spacial score (nSPS) is 15.6. The topological polar surface area (TPSA) is 66.3 Å². The van der Waals surface area contributed by atoms with Gasteiger partial charge in [0.2, 0.25) is 0 Å². The van der Waals surface area contributed by atoms with Crippen molar-refractivity contribution in [3.8, 4) is 0 Å². The van der Waals surface area contributed by atoms with Crippen molar-refractivity contribution in [1.82, 2.24) is 14.9 Å². The van der Waals surface area contributed by atoms with Gasteiger partial charge in [-0.3, -0.25) is 0 Å². The fourth-order valence-corrected chi connectivity index (χ4v) is 1.76. The van der Waals surface area contributed by atoms with Crippen LogP contribution in [0.3, 0.4) is 0 Å². The minimum Gasteiger partial charge on any atom is -0.465 e. The molecule has 2 heterocycles. The van der Waals surface area contributed by atoms with Crippen molar-refractivity contribution in [2.45, 2.75) is 19.1 Å². The summed E-state index contributed by atoms with van der Waals surface area (Å²) < 4.78 is 37.8. The summed E-state index contributed by atoms with van der Waals surface area (Å²) in [4.78, 5) is 18.7. The zero-order chi connectivity index (χ0) is 12.6. The fraction of sp³-hybridized carbons (Fsp3) is 0.444. The Morgan fingerprint density at radius 1 is 1.41 bits per heavy atom. The molecule has 0 saturated heterocycles. The first-order chi connectivity index (χ1) is 7.89. The number of alkyl halides is 3. The SMILES string of the molecule is O=C(O)N1CCc2c(ncnc2C(F)(F)F)C1. The lowest BCUT2D eigenvalue weighted by atomic mass is 10.0. The van der Waals surface area contributed by atoms with E-state index in [1.165, 1.54) is 0 Å². The van der Waals surface area contributed by atoms with Crippen LogP contribution in [0.25, 0.3) is 0 Å². The van der Waals surface area contributed by atoms with E-state index in [2.05, 4.69) is 9.97 Å². The Morgan fingerprint density at radius 2 is 2.12 bits per heavy atom. The van der Waals surface area contributed by atoms with Crippen molar-refractivity contribution in [3.63, 3.8) is 0 Å². The molecular weight excluding hydrogens is 239 g/mol. The number of fused-ring (bicyclic) bond motifs is 1. The van der Waals surface area contributed by atoms with Crippen LogP contribution in [0.4, 0.5) is 18.0 Å². The zero-order valence-corrected chi connectivity index (χ0v) is 8.53. The first-order valence-electron chi connectivity index (χ1n) is 4.77. The minimum absolute atomic E-state index is 0.00231. The highest BCUT2D eigenvalue weighted by Crippen LogP contribution is 2.32. The molecule has 0 atom stereocenters. The average molecular weight is 247 g/mol. The molecule has 1 N–H and O–H groups in total. The molecule has 1 aromatic heterocycles. The minimum atomic E-state index is -4.53. The predicted molar refractivity (Wildman–Crippen MR) is 49.2 cm³/mol. The van der Waals surface area contributed by atoms with E-state index in [4.69, 9.17) is 5.11 Å². The van der Waals surface area contributed by atoms with Gasteiger partial charge in [0.15, 0.2) is 5.69 Å². The highest BCUT2D eigenvalue weighted by molar-refractivity contribution is 5.65. The molecule has 2 rings (SSSR count). The van der Waals surface area contributed by atoms with E-state index in [-0.39, 0.29) is 30.8 Å². The lowest BCUT2D eigenvalue weighted by Gasteiger charge is -2.26. The third-order valence-electron chi connectivity index (χ3n) is 2.55. The Bertz CT molecular complexity index is 461. The number of halogens is 3. The van der Waals surface area contributed by atoms with Gasteiger partial charge in [0.05, 0.1) is 12.2 Å². The summed E-state index contributed by atoms with van der Waals surface area (Å²) in [6.45, 7) is -0.102. The lowest BCUT2D eigenvalue weighted by molar-refractivity contribution is -0.142. The van der Waals surface area contributed by atoms with Crippen molar-refractivity contribution in [3.05, 3.63) is 23.3 Å². The zero-order valence-electron chi connectivity index (χ0n) is 8.53. The van der Waals surface area contributed by atoms with E-state index >= 15 is 0 Å². The third-order valence-corrected chi connectivity index (χ3v) is 2.55. The number of hydrogen-bond donors (Lipinski definition) is 1. The van der Waals surface area contributed by atoms with Crippen molar-refractivity contribution in [2.24, 2.45) is 0 Å². The molecule has 0 fully saturated rings. The van der Waals surface area contributed by atoms with Gasteiger partial charge in [0.1, 0.15) is 6.33 Å². The second-order valence-corrected chi connectivity index (χ2v) is 3.60. The van der Waals surface area contributed by atoms with E-state index in [1.807, 2.05) is 0 Å². The molecule has 17 heavy (non-hydrogen) atoms. The van der Waals surface area contributed by atoms with Gasteiger partial charge in [0.25, 0.3) is 0 Å². The molecule has 0 unspecified atom stereocenters. The maximum absolute atomic E-state index is 12.6.